The fourth-order valence-electron chi connectivity index (χ4n) is 6.23. The predicted octanol–water partition coefficient (Wildman–Crippen LogP) is 7.25. The van der Waals surface area contributed by atoms with Gasteiger partial charge < -0.3 is 29.9 Å². The molecule has 0 saturated heterocycles. The van der Waals surface area contributed by atoms with Crippen molar-refractivity contribution in [2.45, 2.75) is 5.66 Å². The number of ether oxygens (including phenoxy) is 2. The molecule has 0 radical (unpaired) electrons. The van der Waals surface area contributed by atoms with Gasteiger partial charge in [0.05, 0.1) is 14.2 Å². The van der Waals surface area contributed by atoms with E-state index in [1.54, 1.807) is 14.2 Å². The number of nitrogens with zero attached hydrogens (tertiary/aromatic N) is 2. The molecule has 0 fully saturated rings. The van der Waals surface area contributed by atoms with Crippen molar-refractivity contribution in [3.8, 4) is 45.6 Å². The van der Waals surface area contributed by atoms with E-state index in [4.69, 9.17) is 19.5 Å². The van der Waals surface area contributed by atoms with E-state index in [-0.39, 0.29) is 56.0 Å². The molecule has 0 aromatic heterocycles. The zero-order valence-corrected chi connectivity index (χ0v) is 27.0. The standard InChI is InChI=1S/C37H28N2O6.2Ni/c1-44-31-15-7-13-27-33(31)34-28(14-8-16-32(34)45-2)37(27,38-19-25-23-11-5-3-9-21(23)17-29(40)35(25)42)39-20-26-24-12-6-4-10-22(24)18-30(41)36(26)43;;/h3-20,40-43H,1-2H3;;/b38-19+,39-20+;;. The predicted molar refractivity (Wildman–Crippen MR) is 176 cm³/mol. The van der Waals surface area contributed by atoms with Crippen LogP contribution in [0.4, 0.5) is 0 Å². The first kappa shape index (κ1) is 33.3. The van der Waals surface area contributed by atoms with Gasteiger partial charge in [-0.25, -0.2) is 0 Å². The van der Waals surface area contributed by atoms with Crippen molar-refractivity contribution in [1.82, 2.24) is 0 Å². The number of benzene rings is 6. The average molecular weight is 714 g/mol. The van der Waals surface area contributed by atoms with Crippen molar-refractivity contribution in [2.75, 3.05) is 14.2 Å². The molecule has 8 nitrogen and oxygen atoms in total. The Hall–Kier alpha value is -5.03. The van der Waals surface area contributed by atoms with E-state index in [0.29, 0.717) is 44.5 Å². The quantitative estimate of drug-likeness (QED) is 0.0820. The number of phenolic OH excluding ortho intramolecular Hbond substituents is 4. The number of fused-ring (bicyclic) bond motifs is 5. The largest absolute Gasteiger partial charge is 0.504 e. The minimum atomic E-state index is -1.47. The van der Waals surface area contributed by atoms with Crippen molar-refractivity contribution in [3.63, 3.8) is 0 Å². The van der Waals surface area contributed by atoms with E-state index >= 15 is 0 Å². The zero-order valence-electron chi connectivity index (χ0n) is 25.0. The first-order valence-electron chi connectivity index (χ1n) is 14.2. The van der Waals surface area contributed by atoms with Gasteiger partial charge in [-0.3, -0.25) is 9.98 Å². The Bertz CT molecular complexity index is 2060. The molecule has 6 aromatic carbocycles. The van der Waals surface area contributed by atoms with Gasteiger partial charge in [0.25, 0.3) is 0 Å². The van der Waals surface area contributed by atoms with Gasteiger partial charge in [0, 0.05) is 78.8 Å². The number of rotatable bonds is 6. The molecule has 1 aliphatic carbocycles. The maximum Gasteiger partial charge on any atom is 0.202 e. The van der Waals surface area contributed by atoms with Crippen LogP contribution < -0.4 is 9.47 Å². The van der Waals surface area contributed by atoms with E-state index in [0.717, 1.165) is 21.9 Å². The minimum absolute atomic E-state index is 0. The third kappa shape index (κ3) is 5.24. The fourth-order valence-corrected chi connectivity index (χ4v) is 6.23. The Balaban J connectivity index is 0.00000217. The Morgan fingerprint density at radius 3 is 1.36 bits per heavy atom. The van der Waals surface area contributed by atoms with Crippen LogP contribution in [0.2, 0.25) is 0 Å². The van der Waals surface area contributed by atoms with Crippen LogP contribution in [0.25, 0.3) is 32.7 Å². The molecule has 6 aromatic rings. The second-order valence-electron chi connectivity index (χ2n) is 10.7. The van der Waals surface area contributed by atoms with Crippen LogP contribution in [-0.2, 0) is 38.6 Å². The molecule has 0 atom stereocenters. The van der Waals surface area contributed by atoms with Crippen LogP contribution >= 0.6 is 0 Å². The minimum Gasteiger partial charge on any atom is -0.504 e. The van der Waals surface area contributed by atoms with Crippen molar-refractivity contribution < 1.29 is 62.9 Å². The molecule has 0 bridgehead atoms. The van der Waals surface area contributed by atoms with Crippen LogP contribution in [-0.4, -0.2) is 47.1 Å². The summed E-state index contributed by atoms with van der Waals surface area (Å²) in [6.45, 7) is 0. The Labute approximate surface area is 290 Å². The number of aliphatic imine (C=N–C) groups is 2. The molecule has 4 N–H and O–H groups in total. The van der Waals surface area contributed by atoms with E-state index in [2.05, 4.69) is 0 Å². The topological polar surface area (TPSA) is 124 Å². The number of methoxy groups -OCH3 is 2. The van der Waals surface area contributed by atoms with Crippen LogP contribution in [0.5, 0.6) is 34.5 Å². The molecule has 0 spiro atoms. The maximum absolute atomic E-state index is 11.0. The molecule has 0 aliphatic heterocycles. The Kier molecular flexibility index (Phi) is 9.22. The molecule has 242 valence electrons. The third-order valence-corrected chi connectivity index (χ3v) is 8.34. The molecule has 10 heteroatoms. The molecule has 0 unspecified atom stereocenters. The normalized spacial score (nSPS) is 12.9. The zero-order chi connectivity index (χ0) is 31.3. The van der Waals surface area contributed by atoms with Crippen molar-refractivity contribution in [1.29, 1.82) is 0 Å². The fraction of sp³-hybridized carbons (Fsp3) is 0.0811. The van der Waals surface area contributed by atoms with Crippen LogP contribution in [0, 0.1) is 0 Å². The first-order chi connectivity index (χ1) is 21.9. The second kappa shape index (κ2) is 13.0. The van der Waals surface area contributed by atoms with Gasteiger partial charge in [-0.1, -0.05) is 72.8 Å². The molecular weight excluding hydrogens is 686 g/mol. The van der Waals surface area contributed by atoms with Gasteiger partial charge in [0.15, 0.2) is 23.0 Å². The van der Waals surface area contributed by atoms with E-state index < -0.39 is 5.66 Å². The van der Waals surface area contributed by atoms with Crippen molar-refractivity contribution >= 4 is 34.0 Å². The summed E-state index contributed by atoms with van der Waals surface area (Å²) in [5.41, 5.74) is 1.96. The van der Waals surface area contributed by atoms with E-state index in [9.17, 15) is 20.4 Å². The monoisotopic (exact) mass is 712 g/mol. The van der Waals surface area contributed by atoms with Crippen molar-refractivity contribution in [2.24, 2.45) is 9.98 Å². The summed E-state index contributed by atoms with van der Waals surface area (Å²) in [4.78, 5) is 10.2. The summed E-state index contributed by atoms with van der Waals surface area (Å²) >= 11 is 0. The van der Waals surface area contributed by atoms with Crippen LogP contribution in [0.3, 0.4) is 0 Å². The summed E-state index contributed by atoms with van der Waals surface area (Å²) in [5.74, 6) is -0.0200. The molecule has 0 amide bonds. The van der Waals surface area contributed by atoms with Gasteiger partial charge in [0.2, 0.25) is 5.66 Å². The van der Waals surface area contributed by atoms with Gasteiger partial charge in [0.1, 0.15) is 11.5 Å². The summed E-state index contributed by atoms with van der Waals surface area (Å²) in [6, 6.07) is 28.9. The number of aromatic hydroxyl groups is 4. The number of hydrogen-bond donors (Lipinski definition) is 4. The number of hydrogen-bond acceptors (Lipinski definition) is 8. The summed E-state index contributed by atoms with van der Waals surface area (Å²) < 4.78 is 11.6. The molecule has 0 saturated carbocycles. The SMILES string of the molecule is COc1cccc2c1-c1c(OC)cccc1C2(/N=C/c1c(O)c(O)cc2ccccc12)/N=C/c1c(O)c(O)cc2ccccc12.[Ni].[Ni]. The van der Waals surface area contributed by atoms with Gasteiger partial charge in [-0.05, 0) is 45.8 Å². The molecule has 0 heterocycles. The van der Waals surface area contributed by atoms with Crippen LogP contribution in [0.1, 0.15) is 22.3 Å². The Morgan fingerprint density at radius 1 is 0.553 bits per heavy atom. The molecule has 47 heavy (non-hydrogen) atoms. The summed E-state index contributed by atoms with van der Waals surface area (Å²) in [7, 11) is 3.18. The second-order valence-corrected chi connectivity index (χ2v) is 10.7. The van der Waals surface area contributed by atoms with Gasteiger partial charge in [-0.15, -0.1) is 0 Å². The van der Waals surface area contributed by atoms with Gasteiger partial charge >= 0.3 is 0 Å². The van der Waals surface area contributed by atoms with Crippen LogP contribution in [0.15, 0.2) is 107 Å². The van der Waals surface area contributed by atoms with Gasteiger partial charge in [-0.2, -0.15) is 0 Å². The van der Waals surface area contributed by atoms with E-state index in [1.165, 1.54) is 24.6 Å². The molecule has 1 aliphatic rings. The molecule has 7 rings (SSSR count). The average Bonchev–Trinajstić information content (AvgIpc) is 3.35. The molecular formula is C37H28N2Ni2O6. The summed E-state index contributed by atoms with van der Waals surface area (Å²) in [5, 5.41) is 46.0. The summed E-state index contributed by atoms with van der Waals surface area (Å²) in [6.07, 6.45) is 3.01. The van der Waals surface area contributed by atoms with E-state index in [1.807, 2.05) is 84.9 Å². The smallest absolute Gasteiger partial charge is 0.202 e. The number of phenols is 4. The van der Waals surface area contributed by atoms with Crippen molar-refractivity contribution in [3.05, 3.63) is 119 Å². The first-order valence-corrected chi connectivity index (χ1v) is 14.2. The Morgan fingerprint density at radius 2 is 0.957 bits per heavy atom. The third-order valence-electron chi connectivity index (χ3n) is 8.34. The maximum atomic E-state index is 11.0.